The third-order valence-corrected chi connectivity index (χ3v) is 4.85. The lowest BCUT2D eigenvalue weighted by Gasteiger charge is -2.41. The predicted molar refractivity (Wildman–Crippen MR) is 75.7 cm³/mol. The molecule has 1 fully saturated rings. The van der Waals surface area contributed by atoms with E-state index in [1.54, 1.807) is 0 Å². The van der Waals surface area contributed by atoms with Crippen LogP contribution in [0.25, 0.3) is 0 Å². The van der Waals surface area contributed by atoms with Gasteiger partial charge in [0.15, 0.2) is 0 Å². The highest BCUT2D eigenvalue weighted by Crippen LogP contribution is 2.38. The maximum absolute atomic E-state index is 13.3. The van der Waals surface area contributed by atoms with E-state index in [-0.39, 0.29) is 17.6 Å². The number of halogens is 1. The Balaban J connectivity index is 2.09. The van der Waals surface area contributed by atoms with Gasteiger partial charge in [-0.3, -0.25) is 4.90 Å². The van der Waals surface area contributed by atoms with Gasteiger partial charge in [-0.1, -0.05) is 20.3 Å². The van der Waals surface area contributed by atoms with Crippen LogP contribution in [0.15, 0.2) is 18.2 Å². The van der Waals surface area contributed by atoms with E-state index in [1.807, 2.05) is 6.92 Å². The van der Waals surface area contributed by atoms with E-state index in [4.69, 9.17) is 0 Å². The Morgan fingerprint density at radius 1 is 1.37 bits per heavy atom. The average molecular weight is 265 g/mol. The first-order valence-electron chi connectivity index (χ1n) is 7.18. The van der Waals surface area contributed by atoms with Gasteiger partial charge in [0.25, 0.3) is 0 Å². The number of hydrogen-bond acceptors (Lipinski definition) is 2. The fraction of sp³-hybridized carbons (Fsp3) is 0.625. The van der Waals surface area contributed by atoms with Crippen LogP contribution in [0.5, 0.6) is 5.75 Å². The molecule has 0 saturated carbocycles. The summed E-state index contributed by atoms with van der Waals surface area (Å²) in [4.78, 5) is 2.34. The molecule has 1 atom stereocenters. The minimum atomic E-state index is -0.282. The van der Waals surface area contributed by atoms with E-state index in [0.717, 1.165) is 13.1 Å². The Labute approximate surface area is 115 Å². The Bertz CT molecular complexity index is 438. The van der Waals surface area contributed by atoms with Crippen LogP contribution >= 0.6 is 0 Å². The fourth-order valence-electron chi connectivity index (χ4n) is 2.86. The van der Waals surface area contributed by atoms with Crippen molar-refractivity contribution >= 4 is 0 Å². The number of nitrogens with zero attached hydrogens (tertiary/aromatic N) is 1. The lowest BCUT2D eigenvalue weighted by Crippen LogP contribution is -2.39. The summed E-state index contributed by atoms with van der Waals surface area (Å²) in [5, 5.41) is 9.89. The van der Waals surface area contributed by atoms with Gasteiger partial charge < -0.3 is 5.11 Å². The molecule has 0 spiro atoms. The zero-order chi connectivity index (χ0) is 14.0. The molecular weight excluding hydrogens is 241 g/mol. The van der Waals surface area contributed by atoms with Gasteiger partial charge in [0.1, 0.15) is 11.6 Å². The van der Waals surface area contributed by atoms with Crippen molar-refractivity contribution in [2.75, 3.05) is 13.1 Å². The summed E-state index contributed by atoms with van der Waals surface area (Å²) >= 11 is 0. The summed E-state index contributed by atoms with van der Waals surface area (Å²) < 4.78 is 13.3. The van der Waals surface area contributed by atoms with Crippen molar-refractivity contribution in [2.24, 2.45) is 5.41 Å². The second kappa shape index (κ2) is 5.49. The van der Waals surface area contributed by atoms with Gasteiger partial charge in [0.05, 0.1) is 0 Å². The topological polar surface area (TPSA) is 23.5 Å². The van der Waals surface area contributed by atoms with E-state index in [2.05, 4.69) is 18.7 Å². The maximum Gasteiger partial charge on any atom is 0.123 e. The number of aromatic hydroxyl groups is 1. The zero-order valence-corrected chi connectivity index (χ0v) is 12.1. The third kappa shape index (κ3) is 3.08. The molecule has 1 saturated heterocycles. The molecule has 0 aliphatic carbocycles. The standard InChI is InChI=1S/C16H24FNO/c1-4-16(3)7-9-18(10-8-16)12(2)14-11-13(17)5-6-15(14)19/h5-6,11-12,19H,4,7-10H2,1-3H3. The van der Waals surface area contributed by atoms with Gasteiger partial charge in [0, 0.05) is 11.6 Å². The number of piperidine rings is 1. The maximum atomic E-state index is 13.3. The van der Waals surface area contributed by atoms with Gasteiger partial charge in [0.2, 0.25) is 0 Å². The third-order valence-electron chi connectivity index (χ3n) is 4.85. The zero-order valence-electron chi connectivity index (χ0n) is 12.1. The number of likely N-dealkylation sites (tertiary alicyclic amines) is 1. The summed E-state index contributed by atoms with van der Waals surface area (Å²) in [7, 11) is 0. The second-order valence-corrected chi connectivity index (χ2v) is 6.08. The SMILES string of the molecule is CCC1(C)CCN(C(C)c2cc(F)ccc2O)CC1. The number of benzene rings is 1. The quantitative estimate of drug-likeness (QED) is 0.889. The largest absolute Gasteiger partial charge is 0.508 e. The Morgan fingerprint density at radius 2 is 2.00 bits per heavy atom. The lowest BCUT2D eigenvalue weighted by molar-refractivity contribution is 0.0854. The van der Waals surface area contributed by atoms with Crippen molar-refractivity contribution < 1.29 is 9.50 Å². The van der Waals surface area contributed by atoms with Crippen molar-refractivity contribution in [2.45, 2.75) is 46.1 Å². The van der Waals surface area contributed by atoms with Crippen molar-refractivity contribution in [1.29, 1.82) is 0 Å². The van der Waals surface area contributed by atoms with Crippen LogP contribution in [0.4, 0.5) is 4.39 Å². The van der Waals surface area contributed by atoms with Crippen LogP contribution in [0.3, 0.4) is 0 Å². The van der Waals surface area contributed by atoms with Crippen molar-refractivity contribution in [3.8, 4) is 5.75 Å². The summed E-state index contributed by atoms with van der Waals surface area (Å²) in [5.74, 6) is -0.0900. The van der Waals surface area contributed by atoms with E-state index >= 15 is 0 Å². The van der Waals surface area contributed by atoms with Crippen LogP contribution in [0.1, 0.15) is 51.6 Å². The van der Waals surface area contributed by atoms with Gasteiger partial charge in [-0.05, 0) is 56.5 Å². The molecule has 1 N–H and O–H groups in total. The first-order chi connectivity index (χ1) is 8.95. The molecule has 19 heavy (non-hydrogen) atoms. The summed E-state index contributed by atoms with van der Waals surface area (Å²) in [5.41, 5.74) is 1.14. The Kier molecular flexibility index (Phi) is 4.14. The molecule has 2 nitrogen and oxygen atoms in total. The van der Waals surface area contributed by atoms with Crippen LogP contribution in [-0.4, -0.2) is 23.1 Å². The fourth-order valence-corrected chi connectivity index (χ4v) is 2.86. The van der Waals surface area contributed by atoms with Crippen LogP contribution in [-0.2, 0) is 0 Å². The van der Waals surface area contributed by atoms with Crippen molar-refractivity contribution in [1.82, 2.24) is 4.90 Å². The van der Waals surface area contributed by atoms with Crippen molar-refractivity contribution in [3.63, 3.8) is 0 Å². The predicted octanol–water partition coefficient (Wildman–Crippen LogP) is 4.10. The molecule has 1 aliphatic rings. The molecule has 1 heterocycles. The van der Waals surface area contributed by atoms with Crippen LogP contribution < -0.4 is 0 Å². The number of phenolic OH excluding ortho intramolecular Hbond substituents is 1. The van der Waals surface area contributed by atoms with Crippen LogP contribution in [0.2, 0.25) is 0 Å². The highest BCUT2D eigenvalue weighted by Gasteiger charge is 2.31. The van der Waals surface area contributed by atoms with E-state index < -0.39 is 0 Å². The molecular formula is C16H24FNO. The van der Waals surface area contributed by atoms with Gasteiger partial charge in [-0.25, -0.2) is 4.39 Å². The Hall–Kier alpha value is -1.09. The van der Waals surface area contributed by atoms with Gasteiger partial charge in [-0.15, -0.1) is 0 Å². The summed E-state index contributed by atoms with van der Waals surface area (Å²) in [6, 6.07) is 4.27. The number of hydrogen-bond donors (Lipinski definition) is 1. The van der Waals surface area contributed by atoms with E-state index in [1.165, 1.54) is 37.5 Å². The van der Waals surface area contributed by atoms with Gasteiger partial charge >= 0.3 is 0 Å². The normalized spacial score (nSPS) is 21.3. The monoisotopic (exact) mass is 265 g/mol. The molecule has 0 aromatic heterocycles. The second-order valence-electron chi connectivity index (χ2n) is 6.08. The molecule has 0 radical (unpaired) electrons. The molecule has 1 aliphatic heterocycles. The lowest BCUT2D eigenvalue weighted by atomic mass is 9.78. The minimum absolute atomic E-state index is 0.0668. The molecule has 3 heteroatoms. The molecule has 0 amide bonds. The number of phenols is 1. The highest BCUT2D eigenvalue weighted by molar-refractivity contribution is 5.35. The first kappa shape index (κ1) is 14.3. The molecule has 1 aromatic carbocycles. The van der Waals surface area contributed by atoms with E-state index in [0.29, 0.717) is 11.0 Å². The first-order valence-corrected chi connectivity index (χ1v) is 7.18. The molecule has 1 aromatic rings. The highest BCUT2D eigenvalue weighted by atomic mass is 19.1. The Morgan fingerprint density at radius 3 is 2.58 bits per heavy atom. The molecule has 0 bridgehead atoms. The van der Waals surface area contributed by atoms with Crippen molar-refractivity contribution in [3.05, 3.63) is 29.6 Å². The van der Waals surface area contributed by atoms with Crippen LogP contribution in [0, 0.1) is 11.2 Å². The summed E-state index contributed by atoms with van der Waals surface area (Å²) in [6.45, 7) is 8.66. The summed E-state index contributed by atoms with van der Waals surface area (Å²) in [6.07, 6.45) is 3.55. The van der Waals surface area contributed by atoms with Gasteiger partial charge in [-0.2, -0.15) is 0 Å². The van der Waals surface area contributed by atoms with E-state index in [9.17, 15) is 9.50 Å². The molecule has 1 unspecified atom stereocenters. The molecule has 2 rings (SSSR count). The minimum Gasteiger partial charge on any atom is -0.508 e. The number of rotatable bonds is 3. The smallest absolute Gasteiger partial charge is 0.123 e. The molecule has 106 valence electrons. The average Bonchev–Trinajstić information content (AvgIpc) is 2.42.